The van der Waals surface area contributed by atoms with E-state index in [9.17, 15) is 4.79 Å². The van der Waals surface area contributed by atoms with Crippen LogP contribution in [0.5, 0.6) is 5.75 Å². The summed E-state index contributed by atoms with van der Waals surface area (Å²) in [6, 6.07) is 9.70. The van der Waals surface area contributed by atoms with Crippen molar-refractivity contribution in [3.05, 3.63) is 36.5 Å². The number of carbonyl (C=O) groups is 1. The number of pyridine rings is 1. The van der Waals surface area contributed by atoms with Gasteiger partial charge in [0, 0.05) is 23.6 Å². The average molecular weight is 294 g/mol. The zero-order chi connectivity index (χ0) is 15.2. The lowest BCUT2D eigenvalue weighted by atomic mass is 9.85. The Kier molecular flexibility index (Phi) is 4.55. The third kappa shape index (κ3) is 3.56. The fraction of sp³-hybridized carbons (Fsp3) is 0.333. The molecule has 112 valence electrons. The number of hydrogen-bond acceptors (Lipinski definition) is 3. The molecule has 3 rings (SSSR count). The van der Waals surface area contributed by atoms with Crippen molar-refractivity contribution in [1.82, 2.24) is 10.3 Å². The topological polar surface area (TPSA) is 51.2 Å². The molecule has 1 aliphatic carbocycles. The van der Waals surface area contributed by atoms with Crippen LogP contribution < -0.4 is 10.1 Å². The molecule has 0 atom stereocenters. The highest BCUT2D eigenvalue weighted by Crippen LogP contribution is 2.25. The minimum Gasteiger partial charge on any atom is -0.481 e. The van der Waals surface area contributed by atoms with E-state index in [0.29, 0.717) is 13.2 Å². The van der Waals surface area contributed by atoms with Gasteiger partial charge in [0.15, 0.2) is 0 Å². The van der Waals surface area contributed by atoms with Gasteiger partial charge in [-0.15, -0.1) is 0 Å². The van der Waals surface area contributed by atoms with Crippen LogP contribution in [0.1, 0.15) is 19.3 Å². The number of nitrogens with one attached hydrogen (secondary N) is 1. The fourth-order valence-corrected chi connectivity index (χ4v) is 2.32. The maximum Gasteiger partial charge on any atom is 0.223 e. The zero-order valence-corrected chi connectivity index (χ0v) is 12.3. The monoisotopic (exact) mass is 294 g/mol. The third-order valence-corrected chi connectivity index (χ3v) is 3.84. The van der Waals surface area contributed by atoms with Gasteiger partial charge in [-0.05, 0) is 31.0 Å². The van der Waals surface area contributed by atoms with Crippen molar-refractivity contribution >= 4 is 16.8 Å². The summed E-state index contributed by atoms with van der Waals surface area (Å²) >= 11 is 0. The lowest BCUT2D eigenvalue weighted by molar-refractivity contribution is -0.127. The van der Waals surface area contributed by atoms with Crippen LogP contribution in [0, 0.1) is 17.8 Å². The van der Waals surface area contributed by atoms with Crippen molar-refractivity contribution in [2.45, 2.75) is 19.3 Å². The van der Waals surface area contributed by atoms with Crippen LogP contribution in [0.15, 0.2) is 36.5 Å². The SMILES string of the molecule is O=C(NCC#CCOc1ccc2cccnc2c1)C1CCC1. The summed E-state index contributed by atoms with van der Waals surface area (Å²) in [5, 5.41) is 3.91. The molecule has 1 aliphatic rings. The van der Waals surface area contributed by atoms with Crippen LogP contribution in [0.25, 0.3) is 10.9 Å². The number of carbonyl (C=O) groups excluding carboxylic acids is 1. The summed E-state index contributed by atoms with van der Waals surface area (Å²) < 4.78 is 5.57. The van der Waals surface area contributed by atoms with E-state index < -0.39 is 0 Å². The Morgan fingerprint density at radius 3 is 3.05 bits per heavy atom. The summed E-state index contributed by atoms with van der Waals surface area (Å²) in [5.74, 6) is 6.90. The van der Waals surface area contributed by atoms with Crippen molar-refractivity contribution in [3.63, 3.8) is 0 Å². The second-order valence-corrected chi connectivity index (χ2v) is 5.35. The predicted molar refractivity (Wildman–Crippen MR) is 85.4 cm³/mol. The van der Waals surface area contributed by atoms with Crippen molar-refractivity contribution in [1.29, 1.82) is 0 Å². The molecule has 4 heteroatoms. The highest BCUT2D eigenvalue weighted by molar-refractivity contribution is 5.80. The van der Waals surface area contributed by atoms with Gasteiger partial charge in [-0.25, -0.2) is 0 Å². The number of amides is 1. The maximum atomic E-state index is 11.6. The molecular formula is C18H18N2O2. The molecular weight excluding hydrogens is 276 g/mol. The number of rotatable bonds is 4. The molecule has 1 saturated carbocycles. The van der Waals surface area contributed by atoms with Crippen LogP contribution in [-0.4, -0.2) is 24.0 Å². The van der Waals surface area contributed by atoms with E-state index >= 15 is 0 Å². The Bertz CT molecular complexity index is 726. The molecule has 1 fully saturated rings. The molecule has 0 radical (unpaired) electrons. The molecule has 0 spiro atoms. The van der Waals surface area contributed by atoms with Gasteiger partial charge in [-0.2, -0.15) is 0 Å². The quantitative estimate of drug-likeness (QED) is 0.882. The van der Waals surface area contributed by atoms with Gasteiger partial charge in [0.25, 0.3) is 0 Å². The summed E-state index contributed by atoms with van der Waals surface area (Å²) in [6.07, 6.45) is 4.95. The Morgan fingerprint density at radius 2 is 2.23 bits per heavy atom. The van der Waals surface area contributed by atoms with Gasteiger partial charge in [-0.1, -0.05) is 24.3 Å². The van der Waals surface area contributed by atoms with Crippen molar-refractivity contribution < 1.29 is 9.53 Å². The first kappa shape index (κ1) is 14.4. The number of benzene rings is 1. The molecule has 4 nitrogen and oxygen atoms in total. The summed E-state index contributed by atoms with van der Waals surface area (Å²) in [6.45, 7) is 0.690. The van der Waals surface area contributed by atoms with Crippen LogP contribution in [-0.2, 0) is 4.79 Å². The van der Waals surface area contributed by atoms with Crippen LogP contribution in [0.3, 0.4) is 0 Å². The van der Waals surface area contributed by atoms with Crippen molar-refractivity contribution in [2.24, 2.45) is 5.92 Å². The van der Waals surface area contributed by atoms with Gasteiger partial charge in [-0.3, -0.25) is 9.78 Å². The number of ether oxygens (including phenoxy) is 1. The molecule has 2 aromatic rings. The number of nitrogens with zero attached hydrogens (tertiary/aromatic N) is 1. The first-order valence-electron chi connectivity index (χ1n) is 7.54. The fourth-order valence-electron chi connectivity index (χ4n) is 2.32. The highest BCUT2D eigenvalue weighted by atomic mass is 16.5. The molecule has 1 heterocycles. The molecule has 1 N–H and O–H groups in total. The molecule has 0 aliphatic heterocycles. The minimum atomic E-state index is 0.127. The first-order chi connectivity index (χ1) is 10.8. The predicted octanol–water partition coefficient (Wildman–Crippen LogP) is 2.53. The molecule has 0 unspecified atom stereocenters. The van der Waals surface area contributed by atoms with Gasteiger partial charge < -0.3 is 10.1 Å². The lowest BCUT2D eigenvalue weighted by Crippen LogP contribution is -2.34. The van der Waals surface area contributed by atoms with E-state index in [4.69, 9.17) is 4.74 Å². The van der Waals surface area contributed by atoms with E-state index in [1.165, 1.54) is 0 Å². The molecule has 1 aromatic carbocycles. The minimum absolute atomic E-state index is 0.127. The zero-order valence-electron chi connectivity index (χ0n) is 12.3. The number of hydrogen-bond donors (Lipinski definition) is 1. The molecule has 0 saturated heterocycles. The molecule has 1 aromatic heterocycles. The van der Waals surface area contributed by atoms with Gasteiger partial charge in [0.05, 0.1) is 12.1 Å². The van der Waals surface area contributed by atoms with Crippen molar-refractivity contribution in [2.75, 3.05) is 13.2 Å². The van der Waals surface area contributed by atoms with E-state index in [1.807, 2.05) is 30.3 Å². The Morgan fingerprint density at radius 1 is 1.32 bits per heavy atom. The largest absolute Gasteiger partial charge is 0.481 e. The molecule has 1 amide bonds. The average Bonchev–Trinajstić information content (AvgIpc) is 2.49. The second kappa shape index (κ2) is 6.95. The van der Waals surface area contributed by atoms with Crippen LogP contribution >= 0.6 is 0 Å². The van der Waals surface area contributed by atoms with E-state index in [-0.39, 0.29) is 11.8 Å². The smallest absolute Gasteiger partial charge is 0.223 e. The lowest BCUT2D eigenvalue weighted by Gasteiger charge is -2.23. The van der Waals surface area contributed by atoms with Gasteiger partial charge in [0.1, 0.15) is 12.4 Å². The Hall–Kier alpha value is -2.54. The van der Waals surface area contributed by atoms with E-state index in [2.05, 4.69) is 22.1 Å². The summed E-state index contributed by atoms with van der Waals surface area (Å²) in [4.78, 5) is 15.9. The van der Waals surface area contributed by atoms with Gasteiger partial charge in [0.2, 0.25) is 5.91 Å². The Balaban J connectivity index is 1.44. The number of fused-ring (bicyclic) bond motifs is 1. The standard InChI is InChI=1S/C18H18N2O2/c21-18(15-5-3-6-15)20-10-1-2-12-22-16-9-8-14-7-4-11-19-17(14)13-16/h4,7-9,11,13,15H,3,5-6,10,12H2,(H,20,21). The summed E-state index contributed by atoms with van der Waals surface area (Å²) in [7, 11) is 0. The Labute approximate surface area is 129 Å². The maximum absolute atomic E-state index is 11.6. The summed E-state index contributed by atoms with van der Waals surface area (Å²) in [5.41, 5.74) is 0.903. The van der Waals surface area contributed by atoms with E-state index in [0.717, 1.165) is 35.9 Å². The number of aromatic nitrogens is 1. The highest BCUT2D eigenvalue weighted by Gasteiger charge is 2.24. The molecule has 0 bridgehead atoms. The van der Waals surface area contributed by atoms with E-state index in [1.54, 1.807) is 6.20 Å². The van der Waals surface area contributed by atoms with Crippen molar-refractivity contribution in [3.8, 4) is 17.6 Å². The third-order valence-electron chi connectivity index (χ3n) is 3.84. The van der Waals surface area contributed by atoms with Gasteiger partial charge >= 0.3 is 0 Å². The normalized spacial score (nSPS) is 13.8. The first-order valence-corrected chi connectivity index (χ1v) is 7.54. The second-order valence-electron chi connectivity index (χ2n) is 5.35. The van der Waals surface area contributed by atoms with Crippen LogP contribution in [0.4, 0.5) is 0 Å². The van der Waals surface area contributed by atoms with Crippen LogP contribution in [0.2, 0.25) is 0 Å². The molecule has 22 heavy (non-hydrogen) atoms.